The van der Waals surface area contributed by atoms with Gasteiger partial charge in [-0.3, -0.25) is 0 Å². The number of hydrogen-bond donors (Lipinski definition) is 2. The van der Waals surface area contributed by atoms with Crippen molar-refractivity contribution in [2.75, 3.05) is 6.54 Å². The van der Waals surface area contributed by atoms with Crippen LogP contribution in [0.25, 0.3) is 0 Å². The first kappa shape index (κ1) is 13.0. The van der Waals surface area contributed by atoms with Gasteiger partial charge < -0.3 is 10.4 Å². The highest BCUT2D eigenvalue weighted by Gasteiger charge is 2.33. The minimum atomic E-state index is -0.440. The minimum absolute atomic E-state index is 0.437. The predicted octanol–water partition coefficient (Wildman–Crippen LogP) is 3.57. The lowest BCUT2D eigenvalue weighted by molar-refractivity contribution is 0.0444. The molecule has 18 heavy (non-hydrogen) atoms. The van der Waals surface area contributed by atoms with Gasteiger partial charge in [0.1, 0.15) is 0 Å². The number of fused-ring (bicyclic) bond motifs is 1. The fraction of sp³-hybridized carbons (Fsp3) is 0.714. The summed E-state index contributed by atoms with van der Waals surface area (Å²) in [6, 6.07) is 2.68. The molecular formula is C14H21NOS2. The number of thioether (sulfide) groups is 1. The number of thiophene rings is 1. The molecule has 2 aliphatic rings. The molecule has 2 N–H and O–H groups in total. The van der Waals surface area contributed by atoms with E-state index in [9.17, 15) is 5.11 Å². The zero-order valence-electron chi connectivity index (χ0n) is 10.8. The molecule has 0 radical (unpaired) electrons. The third kappa shape index (κ3) is 2.62. The highest BCUT2D eigenvalue weighted by atomic mass is 32.2. The van der Waals surface area contributed by atoms with Crippen LogP contribution in [0.3, 0.4) is 0 Å². The van der Waals surface area contributed by atoms with Gasteiger partial charge in [0.2, 0.25) is 0 Å². The van der Waals surface area contributed by atoms with Crippen LogP contribution in [0.5, 0.6) is 0 Å². The SMILES string of the molecule is C[C@H]1CC(NCC2(O)CCCC2)c2ccsc2S1. The Kier molecular flexibility index (Phi) is 3.72. The van der Waals surface area contributed by atoms with E-state index in [-0.39, 0.29) is 0 Å². The van der Waals surface area contributed by atoms with Crippen LogP contribution >= 0.6 is 23.1 Å². The minimum Gasteiger partial charge on any atom is -0.389 e. The summed E-state index contributed by atoms with van der Waals surface area (Å²) in [7, 11) is 0. The summed E-state index contributed by atoms with van der Waals surface area (Å²) >= 11 is 3.85. The number of hydrogen-bond acceptors (Lipinski definition) is 4. The van der Waals surface area contributed by atoms with E-state index in [1.165, 1.54) is 29.0 Å². The van der Waals surface area contributed by atoms with E-state index >= 15 is 0 Å². The Hall–Kier alpha value is -0.0300. The summed E-state index contributed by atoms with van der Waals surface area (Å²) < 4.78 is 1.46. The molecule has 0 aromatic carbocycles. The van der Waals surface area contributed by atoms with E-state index in [1.807, 2.05) is 23.1 Å². The summed E-state index contributed by atoms with van der Waals surface area (Å²) in [6.45, 7) is 3.05. The van der Waals surface area contributed by atoms with E-state index in [0.717, 1.165) is 19.4 Å². The van der Waals surface area contributed by atoms with Crippen LogP contribution in [0.1, 0.15) is 50.6 Å². The first-order valence-electron chi connectivity index (χ1n) is 6.86. The topological polar surface area (TPSA) is 32.3 Å². The van der Waals surface area contributed by atoms with Crippen LogP contribution in [-0.4, -0.2) is 22.5 Å². The summed E-state index contributed by atoms with van der Waals surface area (Å²) in [4.78, 5) is 0. The van der Waals surface area contributed by atoms with E-state index in [2.05, 4.69) is 23.7 Å². The molecule has 0 saturated heterocycles. The maximum Gasteiger partial charge on any atom is 0.0771 e. The molecule has 0 bridgehead atoms. The van der Waals surface area contributed by atoms with Gasteiger partial charge in [-0.2, -0.15) is 0 Å². The molecule has 1 unspecified atom stereocenters. The van der Waals surface area contributed by atoms with Gasteiger partial charge in [-0.1, -0.05) is 19.8 Å². The highest BCUT2D eigenvalue weighted by Crippen LogP contribution is 2.44. The maximum atomic E-state index is 10.4. The first-order chi connectivity index (χ1) is 8.66. The van der Waals surface area contributed by atoms with Crippen LogP contribution < -0.4 is 5.32 Å². The first-order valence-corrected chi connectivity index (χ1v) is 8.62. The Morgan fingerprint density at radius 1 is 1.44 bits per heavy atom. The lowest BCUT2D eigenvalue weighted by atomic mass is 9.99. The Labute approximate surface area is 117 Å². The Bertz CT molecular complexity index is 412. The van der Waals surface area contributed by atoms with Gasteiger partial charge in [-0.15, -0.1) is 23.1 Å². The number of rotatable bonds is 3. The van der Waals surface area contributed by atoms with Crippen LogP contribution in [0, 0.1) is 0 Å². The molecule has 1 aliphatic heterocycles. The molecule has 1 fully saturated rings. The van der Waals surface area contributed by atoms with Crippen molar-refractivity contribution in [1.29, 1.82) is 0 Å². The molecule has 4 heteroatoms. The van der Waals surface area contributed by atoms with E-state index in [1.54, 1.807) is 0 Å². The molecule has 1 saturated carbocycles. The van der Waals surface area contributed by atoms with Crippen LogP contribution in [0.4, 0.5) is 0 Å². The zero-order chi connectivity index (χ0) is 12.6. The lowest BCUT2D eigenvalue weighted by Gasteiger charge is -2.31. The maximum absolute atomic E-state index is 10.4. The van der Waals surface area contributed by atoms with Crippen LogP contribution in [0.2, 0.25) is 0 Å². The quantitative estimate of drug-likeness (QED) is 0.889. The van der Waals surface area contributed by atoms with Crippen molar-refractivity contribution in [1.82, 2.24) is 5.32 Å². The van der Waals surface area contributed by atoms with Crippen molar-refractivity contribution in [2.45, 2.75) is 60.1 Å². The third-order valence-corrected chi connectivity index (χ3v) is 6.47. The lowest BCUT2D eigenvalue weighted by Crippen LogP contribution is -2.40. The van der Waals surface area contributed by atoms with Crippen molar-refractivity contribution in [3.8, 4) is 0 Å². The summed E-state index contributed by atoms with van der Waals surface area (Å²) in [5.74, 6) is 0. The van der Waals surface area contributed by atoms with Crippen molar-refractivity contribution >= 4 is 23.1 Å². The summed E-state index contributed by atoms with van der Waals surface area (Å²) in [6.07, 6.45) is 5.46. The molecule has 1 aromatic heterocycles. The molecular weight excluding hydrogens is 262 g/mol. The zero-order valence-corrected chi connectivity index (χ0v) is 12.4. The van der Waals surface area contributed by atoms with Crippen molar-refractivity contribution in [2.24, 2.45) is 0 Å². The van der Waals surface area contributed by atoms with Gasteiger partial charge in [0, 0.05) is 17.8 Å². The molecule has 1 aliphatic carbocycles. The fourth-order valence-corrected chi connectivity index (χ4v) is 5.63. The average molecular weight is 283 g/mol. The van der Waals surface area contributed by atoms with Gasteiger partial charge in [0.15, 0.2) is 0 Å². The number of aliphatic hydroxyl groups is 1. The largest absolute Gasteiger partial charge is 0.389 e. The molecule has 2 atom stereocenters. The van der Waals surface area contributed by atoms with Gasteiger partial charge in [-0.05, 0) is 36.3 Å². The molecule has 1 aromatic rings. The van der Waals surface area contributed by atoms with Crippen LogP contribution in [0.15, 0.2) is 15.7 Å². The normalized spacial score (nSPS) is 30.3. The third-order valence-electron chi connectivity index (χ3n) is 4.12. The van der Waals surface area contributed by atoms with Crippen molar-refractivity contribution < 1.29 is 5.11 Å². The average Bonchev–Trinajstić information content (AvgIpc) is 2.95. The van der Waals surface area contributed by atoms with E-state index in [4.69, 9.17) is 0 Å². The van der Waals surface area contributed by atoms with E-state index in [0.29, 0.717) is 11.3 Å². The van der Waals surface area contributed by atoms with Gasteiger partial charge >= 0.3 is 0 Å². The monoisotopic (exact) mass is 283 g/mol. The molecule has 2 heterocycles. The highest BCUT2D eigenvalue weighted by molar-refractivity contribution is 8.01. The Balaban J connectivity index is 1.66. The summed E-state index contributed by atoms with van der Waals surface area (Å²) in [5.41, 5.74) is 1.01. The van der Waals surface area contributed by atoms with Gasteiger partial charge in [0.25, 0.3) is 0 Å². The van der Waals surface area contributed by atoms with Gasteiger partial charge in [0.05, 0.1) is 9.81 Å². The van der Waals surface area contributed by atoms with Gasteiger partial charge in [-0.25, -0.2) is 0 Å². The number of nitrogens with one attached hydrogen (secondary N) is 1. The summed E-state index contributed by atoms with van der Waals surface area (Å²) in [5, 5.41) is 16.9. The second kappa shape index (κ2) is 5.16. The molecule has 2 nitrogen and oxygen atoms in total. The van der Waals surface area contributed by atoms with E-state index < -0.39 is 5.60 Å². The standard InChI is InChI=1S/C14H21NOS2/c1-10-8-12(11-4-7-17-13(11)18-10)15-9-14(16)5-2-3-6-14/h4,7,10,12,15-16H,2-3,5-6,8-9H2,1H3/t10-,12?/m0/s1. The molecule has 0 amide bonds. The Morgan fingerprint density at radius 3 is 3.00 bits per heavy atom. The second-order valence-electron chi connectivity index (χ2n) is 5.69. The molecule has 100 valence electrons. The van der Waals surface area contributed by atoms with Crippen LogP contribution in [-0.2, 0) is 0 Å². The molecule has 3 rings (SSSR count). The molecule has 0 spiro atoms. The smallest absolute Gasteiger partial charge is 0.0771 e. The Morgan fingerprint density at radius 2 is 2.22 bits per heavy atom. The fourth-order valence-electron chi connectivity index (χ4n) is 3.07. The van der Waals surface area contributed by atoms with Crippen molar-refractivity contribution in [3.63, 3.8) is 0 Å². The van der Waals surface area contributed by atoms with Crippen molar-refractivity contribution in [3.05, 3.63) is 17.0 Å². The predicted molar refractivity (Wildman–Crippen MR) is 78.4 cm³/mol. The second-order valence-corrected chi connectivity index (χ2v) is 8.32.